The third-order valence-electron chi connectivity index (χ3n) is 6.28. The molecule has 0 radical (unpaired) electrons. The van der Waals surface area contributed by atoms with E-state index in [0.29, 0.717) is 43.2 Å². The Morgan fingerprint density at radius 2 is 1.74 bits per heavy atom. The van der Waals surface area contributed by atoms with Crippen molar-refractivity contribution in [3.8, 4) is 28.8 Å². The van der Waals surface area contributed by atoms with Crippen LogP contribution in [-0.2, 0) is 11.6 Å². The lowest BCUT2D eigenvalue weighted by Gasteiger charge is -2.28. The van der Waals surface area contributed by atoms with E-state index in [1.807, 2.05) is 24.3 Å². The Kier molecular flexibility index (Phi) is 8.08. The molecule has 2 heterocycles. The first-order valence-electron chi connectivity index (χ1n) is 12.4. The molecule has 198 valence electrons. The Bertz CT molecular complexity index is 1340. The predicted octanol–water partition coefficient (Wildman–Crippen LogP) is 5.54. The summed E-state index contributed by atoms with van der Waals surface area (Å²) in [6, 6.07) is 14.9. The van der Waals surface area contributed by atoms with Gasteiger partial charge in [-0.05, 0) is 47.4 Å². The fourth-order valence-corrected chi connectivity index (χ4v) is 4.14. The van der Waals surface area contributed by atoms with Crippen LogP contribution in [0.1, 0.15) is 47.8 Å². The summed E-state index contributed by atoms with van der Waals surface area (Å²) >= 11 is 0. The first kappa shape index (κ1) is 27.2. The summed E-state index contributed by atoms with van der Waals surface area (Å²) in [6.45, 7) is 8.43. The number of carbonyl (C=O) groups excluding carboxylic acids is 1. The molecule has 0 aliphatic carbocycles. The number of rotatable bonds is 4. The van der Waals surface area contributed by atoms with Crippen LogP contribution in [0.15, 0.2) is 60.8 Å². The zero-order chi connectivity index (χ0) is 27.3. The fourth-order valence-electron chi connectivity index (χ4n) is 4.14. The lowest BCUT2D eigenvalue weighted by molar-refractivity contribution is -0.138. The standard InChI is InChI=1S/C30H30F3N3O2/c1-29(2,3)23-7-9-24(10-8-23)38-18-4-5-21-12-13-35-27(19-21)22-6-11-25(26(20-22)30(31,32)33)28(37)36-16-14-34-15-17-36/h6-13,19-20,34H,14-18H2,1-3H3. The lowest BCUT2D eigenvalue weighted by atomic mass is 9.87. The number of alkyl halides is 3. The highest BCUT2D eigenvalue weighted by molar-refractivity contribution is 5.96. The molecule has 1 saturated heterocycles. The number of hydrogen-bond acceptors (Lipinski definition) is 4. The van der Waals surface area contributed by atoms with Crippen molar-refractivity contribution in [3.05, 3.63) is 83.0 Å². The summed E-state index contributed by atoms with van der Waals surface area (Å²) < 4.78 is 47.5. The minimum atomic E-state index is -4.69. The van der Waals surface area contributed by atoms with Crippen molar-refractivity contribution < 1.29 is 22.7 Å². The maximum atomic E-state index is 13.9. The molecule has 3 aromatic rings. The molecule has 1 aliphatic heterocycles. The van der Waals surface area contributed by atoms with Crippen molar-refractivity contribution in [2.45, 2.75) is 32.4 Å². The van der Waals surface area contributed by atoms with E-state index < -0.39 is 17.6 Å². The number of piperazine rings is 1. The quantitative estimate of drug-likeness (QED) is 0.458. The van der Waals surface area contributed by atoms with Gasteiger partial charge in [-0.1, -0.05) is 50.8 Å². The smallest absolute Gasteiger partial charge is 0.417 e. The minimum absolute atomic E-state index is 0.0547. The van der Waals surface area contributed by atoms with Crippen LogP contribution in [0, 0.1) is 11.8 Å². The van der Waals surface area contributed by atoms with Gasteiger partial charge in [0.1, 0.15) is 12.4 Å². The molecule has 0 saturated carbocycles. The van der Waals surface area contributed by atoms with Crippen LogP contribution >= 0.6 is 0 Å². The van der Waals surface area contributed by atoms with Crippen molar-refractivity contribution in [2.24, 2.45) is 0 Å². The minimum Gasteiger partial charge on any atom is -0.481 e. The highest BCUT2D eigenvalue weighted by atomic mass is 19.4. The highest BCUT2D eigenvalue weighted by Crippen LogP contribution is 2.35. The maximum Gasteiger partial charge on any atom is 0.417 e. The number of pyridine rings is 1. The zero-order valence-electron chi connectivity index (χ0n) is 21.7. The molecular formula is C30H30F3N3O2. The second kappa shape index (κ2) is 11.3. The van der Waals surface area contributed by atoms with Crippen LogP contribution in [0.2, 0.25) is 0 Å². The lowest BCUT2D eigenvalue weighted by Crippen LogP contribution is -2.46. The zero-order valence-corrected chi connectivity index (χ0v) is 21.7. The second-order valence-electron chi connectivity index (χ2n) is 10.1. The fraction of sp³-hybridized carbons (Fsp3) is 0.333. The van der Waals surface area contributed by atoms with E-state index in [0.717, 1.165) is 6.07 Å². The SMILES string of the molecule is CC(C)(C)c1ccc(OCC#Cc2ccnc(-c3ccc(C(=O)N4CCNCC4)c(C(F)(F)F)c3)c2)cc1. The van der Waals surface area contributed by atoms with Crippen molar-refractivity contribution in [2.75, 3.05) is 32.8 Å². The Hall–Kier alpha value is -3.83. The number of benzene rings is 2. The number of ether oxygens (including phenoxy) is 1. The third kappa shape index (κ3) is 6.73. The van der Waals surface area contributed by atoms with E-state index >= 15 is 0 Å². The Labute approximate surface area is 221 Å². The van der Waals surface area contributed by atoms with Crippen molar-refractivity contribution >= 4 is 5.91 Å². The molecule has 0 bridgehead atoms. The van der Waals surface area contributed by atoms with Crippen LogP contribution in [0.25, 0.3) is 11.3 Å². The molecule has 1 fully saturated rings. The molecular weight excluding hydrogens is 491 g/mol. The van der Waals surface area contributed by atoms with Gasteiger partial charge in [0.25, 0.3) is 5.91 Å². The van der Waals surface area contributed by atoms with E-state index in [2.05, 4.69) is 42.9 Å². The van der Waals surface area contributed by atoms with Crippen LogP contribution in [0.4, 0.5) is 13.2 Å². The van der Waals surface area contributed by atoms with Gasteiger partial charge >= 0.3 is 6.18 Å². The summed E-state index contributed by atoms with van der Waals surface area (Å²) in [5.41, 5.74) is 1.12. The summed E-state index contributed by atoms with van der Waals surface area (Å²) in [5.74, 6) is 6.00. The first-order chi connectivity index (χ1) is 18.0. The summed E-state index contributed by atoms with van der Waals surface area (Å²) in [6.07, 6.45) is -3.19. The van der Waals surface area contributed by atoms with Crippen LogP contribution < -0.4 is 10.1 Å². The van der Waals surface area contributed by atoms with Crippen LogP contribution in [0.5, 0.6) is 5.75 Å². The van der Waals surface area contributed by atoms with Gasteiger partial charge in [-0.2, -0.15) is 13.2 Å². The number of halogens is 3. The largest absolute Gasteiger partial charge is 0.481 e. The first-order valence-corrected chi connectivity index (χ1v) is 12.4. The molecule has 5 nitrogen and oxygen atoms in total. The predicted molar refractivity (Wildman–Crippen MR) is 141 cm³/mol. The van der Waals surface area contributed by atoms with Gasteiger partial charge in [-0.3, -0.25) is 9.78 Å². The molecule has 38 heavy (non-hydrogen) atoms. The van der Waals surface area contributed by atoms with E-state index in [4.69, 9.17) is 4.74 Å². The van der Waals surface area contributed by atoms with Gasteiger partial charge in [0, 0.05) is 43.5 Å². The number of aromatic nitrogens is 1. The summed E-state index contributed by atoms with van der Waals surface area (Å²) in [7, 11) is 0. The van der Waals surface area contributed by atoms with Gasteiger partial charge in [-0.15, -0.1) is 0 Å². The maximum absolute atomic E-state index is 13.9. The number of nitrogens with one attached hydrogen (secondary N) is 1. The topological polar surface area (TPSA) is 54.5 Å². The summed E-state index contributed by atoms with van der Waals surface area (Å²) in [5, 5.41) is 3.09. The normalized spacial score (nSPS) is 14.0. The Morgan fingerprint density at radius 3 is 2.39 bits per heavy atom. The molecule has 2 aromatic carbocycles. The molecule has 0 unspecified atom stereocenters. The third-order valence-corrected chi connectivity index (χ3v) is 6.28. The number of amides is 1. The summed E-state index contributed by atoms with van der Waals surface area (Å²) in [4.78, 5) is 18.5. The molecule has 1 amide bonds. The average Bonchev–Trinajstić information content (AvgIpc) is 2.90. The van der Waals surface area contributed by atoms with Crippen molar-refractivity contribution in [1.29, 1.82) is 0 Å². The molecule has 1 N–H and O–H groups in total. The molecule has 8 heteroatoms. The number of nitrogens with zero attached hydrogens (tertiary/aromatic N) is 2. The number of carbonyl (C=O) groups is 1. The Morgan fingerprint density at radius 1 is 1.03 bits per heavy atom. The van der Waals surface area contributed by atoms with E-state index in [1.165, 1.54) is 28.8 Å². The monoisotopic (exact) mass is 521 g/mol. The molecule has 1 aromatic heterocycles. The second-order valence-corrected chi connectivity index (χ2v) is 10.1. The Balaban J connectivity index is 1.50. The molecule has 4 rings (SSSR count). The number of hydrogen-bond donors (Lipinski definition) is 1. The van der Waals surface area contributed by atoms with Gasteiger partial charge in [-0.25, -0.2) is 0 Å². The van der Waals surface area contributed by atoms with Crippen molar-refractivity contribution in [3.63, 3.8) is 0 Å². The highest BCUT2D eigenvalue weighted by Gasteiger charge is 2.37. The van der Waals surface area contributed by atoms with Gasteiger partial charge in [0.15, 0.2) is 0 Å². The van der Waals surface area contributed by atoms with Gasteiger partial charge in [0.05, 0.1) is 16.8 Å². The van der Waals surface area contributed by atoms with E-state index in [9.17, 15) is 18.0 Å². The molecule has 0 atom stereocenters. The average molecular weight is 522 g/mol. The van der Waals surface area contributed by atoms with Crippen LogP contribution in [-0.4, -0.2) is 48.6 Å². The molecule has 1 aliphatic rings. The van der Waals surface area contributed by atoms with Crippen molar-refractivity contribution in [1.82, 2.24) is 15.2 Å². The van der Waals surface area contributed by atoms with Gasteiger partial charge in [0.2, 0.25) is 0 Å². The van der Waals surface area contributed by atoms with Crippen LogP contribution in [0.3, 0.4) is 0 Å². The van der Waals surface area contributed by atoms with E-state index in [-0.39, 0.29) is 23.1 Å². The van der Waals surface area contributed by atoms with Gasteiger partial charge < -0.3 is 15.0 Å². The molecule has 0 spiro atoms. The van der Waals surface area contributed by atoms with E-state index in [1.54, 1.807) is 12.1 Å².